The number of alkyl halides is 3. The first-order valence-corrected chi connectivity index (χ1v) is 5.71. The Balaban J connectivity index is 2.96. The van der Waals surface area contributed by atoms with E-state index in [2.05, 4.69) is 15.9 Å². The standard InChI is InChI=1S/C8H8BrClF2S/c1-4-3-5(13-7(4)10)6(9)8(2,11)12/h3,6H,1-2H3. The van der Waals surface area contributed by atoms with Gasteiger partial charge in [0.25, 0.3) is 5.92 Å². The van der Waals surface area contributed by atoms with E-state index in [1.54, 1.807) is 13.0 Å². The van der Waals surface area contributed by atoms with Gasteiger partial charge in [-0.3, -0.25) is 0 Å². The highest BCUT2D eigenvalue weighted by Crippen LogP contribution is 2.43. The average molecular weight is 290 g/mol. The minimum atomic E-state index is -2.76. The molecule has 0 aromatic carbocycles. The zero-order chi connectivity index (χ0) is 10.2. The molecule has 1 rings (SSSR count). The summed E-state index contributed by atoms with van der Waals surface area (Å²) in [5.41, 5.74) is 0.843. The summed E-state index contributed by atoms with van der Waals surface area (Å²) in [5.74, 6) is -2.76. The predicted octanol–water partition coefficient (Wildman–Crippen LogP) is 4.80. The molecule has 5 heteroatoms. The molecule has 0 saturated heterocycles. The van der Waals surface area contributed by atoms with E-state index in [0.717, 1.165) is 12.5 Å². The van der Waals surface area contributed by atoms with Crippen molar-refractivity contribution in [2.45, 2.75) is 24.6 Å². The smallest absolute Gasteiger partial charge is 0.206 e. The molecule has 0 N–H and O–H groups in total. The fourth-order valence-corrected chi connectivity index (χ4v) is 2.57. The lowest BCUT2D eigenvalue weighted by Crippen LogP contribution is -2.15. The fraction of sp³-hybridized carbons (Fsp3) is 0.500. The van der Waals surface area contributed by atoms with Crippen molar-refractivity contribution in [2.75, 3.05) is 0 Å². The molecular formula is C8H8BrClF2S. The molecule has 1 heterocycles. The van der Waals surface area contributed by atoms with E-state index in [0.29, 0.717) is 9.21 Å². The summed E-state index contributed by atoms with van der Waals surface area (Å²) in [5, 5.41) is 0. The molecule has 1 unspecified atom stereocenters. The van der Waals surface area contributed by atoms with Crippen LogP contribution in [0.4, 0.5) is 8.78 Å². The number of hydrogen-bond acceptors (Lipinski definition) is 1. The minimum absolute atomic E-state index is 0.565. The van der Waals surface area contributed by atoms with Gasteiger partial charge in [-0.05, 0) is 18.6 Å². The maximum Gasteiger partial charge on any atom is 0.262 e. The van der Waals surface area contributed by atoms with Crippen molar-refractivity contribution in [3.05, 3.63) is 20.8 Å². The zero-order valence-corrected chi connectivity index (χ0v) is 10.2. The van der Waals surface area contributed by atoms with E-state index in [-0.39, 0.29) is 0 Å². The van der Waals surface area contributed by atoms with Gasteiger partial charge >= 0.3 is 0 Å². The van der Waals surface area contributed by atoms with Crippen molar-refractivity contribution >= 4 is 38.9 Å². The molecule has 0 nitrogen and oxygen atoms in total. The summed E-state index contributed by atoms with van der Waals surface area (Å²) < 4.78 is 26.3. The molecule has 1 atom stereocenters. The molecule has 0 aliphatic rings. The second-order valence-electron chi connectivity index (χ2n) is 2.92. The minimum Gasteiger partial charge on any atom is -0.206 e. The van der Waals surface area contributed by atoms with E-state index >= 15 is 0 Å². The van der Waals surface area contributed by atoms with Gasteiger partial charge in [-0.2, -0.15) is 0 Å². The second kappa shape index (κ2) is 3.83. The Hall–Kier alpha value is 0.330. The molecule has 0 bridgehead atoms. The van der Waals surface area contributed by atoms with Crippen LogP contribution in [0.15, 0.2) is 6.07 Å². The van der Waals surface area contributed by atoms with Gasteiger partial charge in [-0.15, -0.1) is 11.3 Å². The van der Waals surface area contributed by atoms with Gasteiger partial charge in [0.05, 0.1) is 4.34 Å². The second-order valence-corrected chi connectivity index (χ2v) is 5.53. The maximum atomic E-state index is 12.9. The van der Waals surface area contributed by atoms with Gasteiger partial charge in [0.1, 0.15) is 4.83 Å². The van der Waals surface area contributed by atoms with Crippen molar-refractivity contribution in [1.29, 1.82) is 0 Å². The monoisotopic (exact) mass is 288 g/mol. The van der Waals surface area contributed by atoms with Crippen LogP contribution in [0, 0.1) is 6.92 Å². The van der Waals surface area contributed by atoms with Crippen LogP contribution in [-0.2, 0) is 0 Å². The maximum absolute atomic E-state index is 12.9. The quantitative estimate of drug-likeness (QED) is 0.686. The third-order valence-electron chi connectivity index (χ3n) is 1.57. The number of thiophene rings is 1. The van der Waals surface area contributed by atoms with E-state index in [1.165, 1.54) is 11.3 Å². The van der Waals surface area contributed by atoms with Crippen LogP contribution < -0.4 is 0 Å². The zero-order valence-electron chi connectivity index (χ0n) is 7.07. The Kier molecular flexibility index (Phi) is 3.36. The van der Waals surface area contributed by atoms with Crippen LogP contribution in [0.25, 0.3) is 0 Å². The molecule has 0 radical (unpaired) electrons. The first-order chi connectivity index (χ1) is 5.82. The van der Waals surface area contributed by atoms with Gasteiger partial charge < -0.3 is 0 Å². The summed E-state index contributed by atoms with van der Waals surface area (Å²) in [4.78, 5) is -0.383. The Morgan fingerprint density at radius 1 is 1.62 bits per heavy atom. The molecule has 0 aliphatic carbocycles. The Morgan fingerprint density at radius 2 is 2.15 bits per heavy atom. The molecule has 0 fully saturated rings. The van der Waals surface area contributed by atoms with E-state index in [4.69, 9.17) is 11.6 Å². The van der Waals surface area contributed by atoms with Crippen molar-refractivity contribution in [1.82, 2.24) is 0 Å². The fourth-order valence-electron chi connectivity index (χ4n) is 0.858. The van der Waals surface area contributed by atoms with Crippen LogP contribution in [-0.4, -0.2) is 5.92 Å². The highest BCUT2D eigenvalue weighted by molar-refractivity contribution is 9.09. The summed E-state index contributed by atoms with van der Waals surface area (Å²) in [6.07, 6.45) is 0. The normalized spacial score (nSPS) is 14.6. The van der Waals surface area contributed by atoms with Crippen molar-refractivity contribution in [3.63, 3.8) is 0 Å². The molecule has 13 heavy (non-hydrogen) atoms. The molecule has 0 spiro atoms. The molecule has 74 valence electrons. The predicted molar refractivity (Wildman–Crippen MR) is 56.4 cm³/mol. The highest BCUT2D eigenvalue weighted by atomic mass is 79.9. The van der Waals surface area contributed by atoms with Crippen molar-refractivity contribution in [3.8, 4) is 0 Å². The van der Waals surface area contributed by atoms with Gasteiger partial charge in [0, 0.05) is 11.8 Å². The van der Waals surface area contributed by atoms with Crippen LogP contribution in [0.2, 0.25) is 4.34 Å². The molecule has 1 aromatic rings. The molecular weight excluding hydrogens is 282 g/mol. The van der Waals surface area contributed by atoms with Gasteiger partial charge in [-0.25, -0.2) is 8.78 Å². The number of halogens is 4. The third-order valence-corrected chi connectivity index (χ3v) is 4.79. The van der Waals surface area contributed by atoms with E-state index in [9.17, 15) is 8.78 Å². The molecule has 0 saturated carbocycles. The van der Waals surface area contributed by atoms with Gasteiger partial charge in [0.15, 0.2) is 0 Å². The number of hydrogen-bond donors (Lipinski definition) is 0. The summed E-state index contributed by atoms with van der Waals surface area (Å²) >= 11 is 9.92. The lowest BCUT2D eigenvalue weighted by Gasteiger charge is -2.15. The first-order valence-electron chi connectivity index (χ1n) is 3.60. The number of aryl methyl sites for hydroxylation is 1. The SMILES string of the molecule is Cc1cc(C(Br)C(C)(F)F)sc1Cl. The summed E-state index contributed by atoms with van der Waals surface area (Å²) in [6, 6.07) is 1.68. The molecule has 0 aliphatic heterocycles. The van der Waals surface area contributed by atoms with Crippen molar-refractivity contribution in [2.24, 2.45) is 0 Å². The lowest BCUT2D eigenvalue weighted by molar-refractivity contribution is 0.0221. The van der Waals surface area contributed by atoms with Crippen LogP contribution in [0.1, 0.15) is 22.2 Å². The third kappa shape index (κ3) is 2.64. The average Bonchev–Trinajstić information content (AvgIpc) is 2.29. The largest absolute Gasteiger partial charge is 0.262 e. The topological polar surface area (TPSA) is 0 Å². The van der Waals surface area contributed by atoms with Crippen LogP contribution in [0.3, 0.4) is 0 Å². The van der Waals surface area contributed by atoms with Gasteiger partial charge in [0.2, 0.25) is 0 Å². The van der Waals surface area contributed by atoms with E-state index in [1.807, 2.05) is 0 Å². The Morgan fingerprint density at radius 3 is 2.46 bits per heavy atom. The molecule has 0 amide bonds. The first kappa shape index (κ1) is 11.4. The highest BCUT2D eigenvalue weighted by Gasteiger charge is 2.34. The summed E-state index contributed by atoms with van der Waals surface area (Å²) in [7, 11) is 0. The lowest BCUT2D eigenvalue weighted by atomic mass is 10.2. The number of rotatable bonds is 2. The van der Waals surface area contributed by atoms with Gasteiger partial charge in [-0.1, -0.05) is 27.5 Å². The Bertz CT molecular complexity index is 286. The Labute approximate surface area is 93.0 Å². The summed E-state index contributed by atoms with van der Waals surface area (Å²) in [6.45, 7) is 2.69. The van der Waals surface area contributed by atoms with E-state index < -0.39 is 10.7 Å². The van der Waals surface area contributed by atoms with Crippen LogP contribution >= 0.6 is 38.9 Å². The molecule has 1 aromatic heterocycles. The van der Waals surface area contributed by atoms with Crippen molar-refractivity contribution < 1.29 is 8.78 Å². The van der Waals surface area contributed by atoms with Crippen LogP contribution in [0.5, 0.6) is 0 Å².